The average Bonchev–Trinajstić information content (AvgIpc) is 0.763. The maximum atomic E-state index is 13.1. The van der Waals surface area contributed by atoms with Gasteiger partial charge in [0.05, 0.1) is 72.7 Å². The van der Waals surface area contributed by atoms with E-state index in [-0.39, 0.29) is 0 Å². The number of hydrogen-bond donors (Lipinski definition) is 41. The van der Waals surface area contributed by atoms with Crippen LogP contribution in [0.1, 0.15) is 20.3 Å². The maximum Gasteiger partial charge on any atom is 0.469 e. The highest BCUT2D eigenvalue weighted by Crippen LogP contribution is 2.48. The summed E-state index contributed by atoms with van der Waals surface area (Å²) >= 11 is 0. The Hall–Kier alpha value is -3.76. The number of carbonyl (C=O) groups excluding carboxylic acids is 2. The molecule has 11 aliphatic rings. The lowest BCUT2D eigenvalue weighted by Gasteiger charge is -2.52. The topological polar surface area (TPSA) is 1080 Å². The summed E-state index contributed by atoms with van der Waals surface area (Å²) in [5.41, 5.74) is 0. The van der Waals surface area contributed by atoms with Gasteiger partial charge in [-0.05, 0) is 0 Å². The number of phosphoric ester groups is 1. The second-order valence-corrected chi connectivity index (χ2v) is 37.0. The molecule has 0 aliphatic carbocycles. The highest BCUT2D eigenvalue weighted by atomic mass is 31.2. The molecular formula is C76H129N2O65P. The van der Waals surface area contributed by atoms with Crippen molar-refractivity contribution >= 4 is 25.6 Å². The Labute approximate surface area is 810 Å². The minimum Gasteiger partial charge on any atom is -0.477 e. The van der Waals surface area contributed by atoms with Crippen molar-refractivity contribution in [3.05, 3.63) is 0 Å². The van der Waals surface area contributed by atoms with Gasteiger partial charge in [-0.2, -0.15) is 0 Å². The molecule has 0 bridgehead atoms. The van der Waals surface area contributed by atoms with Crippen molar-refractivity contribution in [3.8, 4) is 0 Å². The Morgan fingerprint density at radius 1 is 0.306 bits per heavy atom. The lowest BCUT2D eigenvalue weighted by molar-refractivity contribution is -0.415. The van der Waals surface area contributed by atoms with Crippen LogP contribution in [0.5, 0.6) is 0 Å². The summed E-state index contributed by atoms with van der Waals surface area (Å²) in [6.07, 6.45) is -133. The number of rotatable bonds is 41. The summed E-state index contributed by atoms with van der Waals surface area (Å²) < 4.78 is 139. The smallest absolute Gasteiger partial charge is 0.469 e. The van der Waals surface area contributed by atoms with Crippen molar-refractivity contribution in [2.45, 2.75) is 382 Å². The maximum absolute atomic E-state index is 13.1. The quantitative estimate of drug-likeness (QED) is 0.0253. The van der Waals surface area contributed by atoms with Gasteiger partial charge in [0.2, 0.25) is 11.8 Å². The third kappa shape index (κ3) is 26.4. The summed E-state index contributed by atoms with van der Waals surface area (Å²) in [4.78, 5) is 58.4. The number of carbonyl (C=O) groups is 3. The number of amides is 2. The molecule has 2 amide bonds. The van der Waals surface area contributed by atoms with Gasteiger partial charge in [-0.1, -0.05) is 0 Å². The normalized spacial score (nSPS) is 48.5. The Kier molecular flexibility index (Phi) is 43.1. The Balaban J connectivity index is 0.823. The lowest BCUT2D eigenvalue weighted by Crippen LogP contribution is -2.71. The summed E-state index contributed by atoms with van der Waals surface area (Å²) in [7, 11) is -5.99. The van der Waals surface area contributed by atoms with E-state index < -0.39 is 466 Å². The van der Waals surface area contributed by atoms with Crippen molar-refractivity contribution in [2.75, 3.05) is 72.7 Å². The third-order valence-electron chi connectivity index (χ3n) is 25.9. The van der Waals surface area contributed by atoms with E-state index >= 15 is 0 Å². The molecule has 59 atom stereocenters. The Morgan fingerprint density at radius 2 is 0.604 bits per heavy atom. The minimum atomic E-state index is -5.99. The molecule has 144 heavy (non-hydrogen) atoms. The van der Waals surface area contributed by atoms with E-state index in [1.54, 1.807) is 0 Å². The number of phosphoric acid groups is 1. The van der Waals surface area contributed by atoms with E-state index in [0.717, 1.165) is 13.8 Å². The number of carboxylic acids is 1. The van der Waals surface area contributed by atoms with Crippen LogP contribution >= 0.6 is 7.82 Å². The molecule has 0 saturated carbocycles. The van der Waals surface area contributed by atoms with Crippen molar-refractivity contribution in [3.63, 3.8) is 0 Å². The molecule has 838 valence electrons. The van der Waals surface area contributed by atoms with Crippen LogP contribution in [0.3, 0.4) is 0 Å². The number of ether oxygens (including phenoxy) is 21. The third-order valence-corrected chi connectivity index (χ3v) is 26.5. The molecule has 0 aromatic heterocycles. The molecule has 0 aromatic rings. The van der Waals surface area contributed by atoms with E-state index in [4.69, 9.17) is 104 Å². The highest BCUT2D eigenvalue weighted by molar-refractivity contribution is 7.46. The SMILES string of the molecule is CC(=O)N[C@H]1[C@H](O[C@H]2[C@@H](O)[C@@H](CO)O[C@@H](O[C@H]3[C@H](O)[C@@H](NC(C)=O)[C@H](O[C@H]4[C@@H](O)[C@@H](CO)O[C@@H](O[C@H]5[C@H](O)[C@H](O)[C@@H](OC[C@H]6O[C@@H](O[C@H]7[C@H](O[C@H]8O[C@H]([C@@H](O)CO)[C@@H](O)[C@H](O)[C@@H]8O[C@H]8O[C@H]([C@@H](O)CO)[C@@H](O)[C@H](O)[C@@H]8O)[C@H](O)[C@@H](O[C@H]8[C@@H]([C@H](O)CO)O[C@@](O)(C(=O)O)C[C@H]8OP(=O)(O)O)O[C@@H]7[C@@H](O)CO)[C@H](O)[C@@H](O)[C@@H]6O)O[C@@H]5[C@H](O)CO)[C@@H]4O)O[C@@H]3CO)[C@@H]2O)O[C@H](CO)[C@@H](O[C@@H]2O[C@H](CO)[C@H](O)[C@H](O)[C@H]2O)[C@@H]1O. The zero-order valence-electron chi connectivity index (χ0n) is 75.5. The van der Waals surface area contributed by atoms with Gasteiger partial charge >= 0.3 is 13.8 Å². The second-order valence-electron chi connectivity index (χ2n) is 35.8. The zero-order chi connectivity index (χ0) is 107. The summed E-state index contributed by atoms with van der Waals surface area (Å²) in [6, 6.07) is -3.92. The fourth-order valence-corrected chi connectivity index (χ4v) is 18.7. The van der Waals surface area contributed by atoms with Crippen molar-refractivity contribution in [2.24, 2.45) is 0 Å². The standard InChI is InChI=1S/C76H129N2O65P/c1-15(89)77-29-35(100)56(133-68-44(109)37(102)31(96)23(9-84)123-68)26(12-87)126-65(29)136-59-33(98)24(10-85)124-71(48(59)113)134-57-27(13-88)127-66(30(36(57)101)78-16(2)90)137-60-34(99)25(11-86)125-72(49(60)114)138-61-43(108)47(112)67(131-53(61)19(93)6-81)122-14-28-32(97)38(103)45(110)69(128-28)141-64-54(20(94)7-82)132-73(135-58-22(143-144(119,120)121)3-76(118,75(116)117)142-55(58)21(95)8-83)50(115)62(64)139-74-63(42(107)41(106)52(130-74)18(92)5-80)140-70-46(111)39(104)40(105)51(129-70)17(91)4-79/h17-74,79-88,91-115,118H,3-14H2,1-2H3,(H,77,89)(H,78,90)(H,116,117)(H2,119,120,121)/t17-,18-,19+,20-,21+,22+,23+,24+,25+,26+,27+,28+,29+,30+,31-,32+,33-,34-,35+,36+,37-,38-,39-,40-,41-,42-,43+,44+,45+,46-,47-,48+,49+,50-,51+,52+,53+,54+,55+,56+,57+,58+,59-,60-,61-,62+,63-,64+,65-,66-,67-,68-,69-,70+,71-,72-,73+,74+,76+/m0/s1. The molecule has 68 heteroatoms. The summed E-state index contributed by atoms with van der Waals surface area (Å²) in [6.45, 7) is -12.3. The molecule has 41 N–H and O–H groups in total. The van der Waals surface area contributed by atoms with Crippen molar-refractivity contribution < 1.29 is 322 Å². The van der Waals surface area contributed by atoms with Crippen LogP contribution in [0.2, 0.25) is 0 Å². The first-order valence-electron chi connectivity index (χ1n) is 44.8. The molecule has 0 radical (unpaired) electrons. The summed E-state index contributed by atoms with van der Waals surface area (Å²) in [5.74, 6) is -7.90. The lowest BCUT2D eigenvalue weighted by atomic mass is 9.91. The second kappa shape index (κ2) is 51.5. The first-order valence-corrected chi connectivity index (χ1v) is 46.4. The number of hydrogen-bond acceptors (Lipinski definition) is 62. The van der Waals surface area contributed by atoms with Crippen LogP contribution in [0.15, 0.2) is 0 Å². The van der Waals surface area contributed by atoms with Crippen LogP contribution in [0.4, 0.5) is 0 Å². The molecule has 11 rings (SSSR count). The zero-order valence-corrected chi connectivity index (χ0v) is 76.4. The Bertz CT molecular complexity index is 4010. The first kappa shape index (κ1) is 120. The van der Waals surface area contributed by atoms with E-state index in [2.05, 4.69) is 10.6 Å². The van der Waals surface area contributed by atoms with E-state index in [1.165, 1.54) is 0 Å². The van der Waals surface area contributed by atoms with Gasteiger partial charge in [0.25, 0.3) is 5.79 Å². The average molecular weight is 2140 g/mol. The summed E-state index contributed by atoms with van der Waals surface area (Å²) in [5, 5.41) is 416. The molecule has 0 spiro atoms. The van der Waals surface area contributed by atoms with E-state index in [1.807, 2.05) is 0 Å². The largest absolute Gasteiger partial charge is 0.477 e. The van der Waals surface area contributed by atoms with Gasteiger partial charge in [-0.15, -0.1) is 0 Å². The minimum absolute atomic E-state index is 0.875. The molecule has 11 saturated heterocycles. The number of aliphatic hydroxyl groups excluding tert-OH is 35. The molecule has 0 aromatic carbocycles. The molecule has 11 heterocycles. The molecule has 0 unspecified atom stereocenters. The van der Waals surface area contributed by atoms with Gasteiger partial charge in [-0.25, -0.2) is 9.36 Å². The number of carboxylic acid groups (broad SMARTS) is 1. The monoisotopic (exact) mass is 2140 g/mol. The van der Waals surface area contributed by atoms with Gasteiger partial charge in [0.15, 0.2) is 62.9 Å². The van der Waals surface area contributed by atoms with Crippen LogP contribution in [0, 0.1) is 0 Å². The fourth-order valence-electron chi connectivity index (χ4n) is 18.2. The fraction of sp³-hybridized carbons (Fsp3) is 0.961. The van der Waals surface area contributed by atoms with E-state index in [9.17, 15) is 218 Å². The molecule has 67 nitrogen and oxygen atoms in total. The first-order chi connectivity index (χ1) is 67.8. The van der Waals surface area contributed by atoms with Crippen molar-refractivity contribution in [1.29, 1.82) is 0 Å². The van der Waals surface area contributed by atoms with Crippen LogP contribution in [-0.4, -0.2) is 651 Å². The van der Waals surface area contributed by atoms with E-state index in [0.29, 0.717) is 0 Å². The number of aliphatic carboxylic acids is 1. The number of aliphatic hydroxyl groups is 36. The van der Waals surface area contributed by atoms with Gasteiger partial charge in [0.1, 0.15) is 293 Å². The van der Waals surface area contributed by atoms with Crippen LogP contribution in [-0.2, 0) is 123 Å². The van der Waals surface area contributed by atoms with Crippen LogP contribution in [0.25, 0.3) is 0 Å². The number of nitrogens with one attached hydrogen (secondary N) is 2. The van der Waals surface area contributed by atoms with Gasteiger partial charge in [0, 0.05) is 20.3 Å². The highest BCUT2D eigenvalue weighted by Gasteiger charge is 2.65. The van der Waals surface area contributed by atoms with Crippen molar-refractivity contribution in [1.82, 2.24) is 10.6 Å². The predicted octanol–water partition coefficient (Wildman–Crippen LogP) is -27.3. The molecule has 11 aliphatic heterocycles. The van der Waals surface area contributed by atoms with Crippen LogP contribution < -0.4 is 10.6 Å². The van der Waals surface area contributed by atoms with Gasteiger partial charge in [-0.3, -0.25) is 14.1 Å². The van der Waals surface area contributed by atoms with Gasteiger partial charge < -0.3 is 309 Å². The Morgan fingerprint density at radius 3 is 1.03 bits per heavy atom. The molecule has 11 fully saturated rings. The molecular weight excluding hydrogens is 2010 g/mol. The predicted molar refractivity (Wildman–Crippen MR) is 432 cm³/mol.